The number of amides is 1. The zero-order valence-corrected chi connectivity index (χ0v) is 16.5. The number of carboxylic acid groups (broad SMARTS) is 1. The molecule has 0 saturated carbocycles. The number of carbonyl (C=O) groups excluding carboxylic acids is 2. The van der Waals surface area contributed by atoms with E-state index in [0.717, 1.165) is 27.8 Å². The highest BCUT2D eigenvalue weighted by atomic mass is 32.2. The van der Waals surface area contributed by atoms with Gasteiger partial charge < -0.3 is 5.11 Å². The zero-order valence-electron chi connectivity index (χ0n) is 14.9. The van der Waals surface area contributed by atoms with Crippen molar-refractivity contribution in [3.05, 3.63) is 82.0 Å². The quantitative estimate of drug-likeness (QED) is 0.427. The molecule has 1 fully saturated rings. The van der Waals surface area contributed by atoms with Gasteiger partial charge in [-0.2, -0.15) is 0 Å². The van der Waals surface area contributed by atoms with Crippen LogP contribution in [-0.2, 0) is 9.59 Å². The van der Waals surface area contributed by atoms with Crippen molar-refractivity contribution in [1.29, 1.82) is 0 Å². The Bertz CT molecular complexity index is 1040. The van der Waals surface area contributed by atoms with E-state index in [1.807, 2.05) is 0 Å². The summed E-state index contributed by atoms with van der Waals surface area (Å²) < 4.78 is 13.1. The Kier molecular flexibility index (Phi) is 6.36. The van der Waals surface area contributed by atoms with Crippen molar-refractivity contribution < 1.29 is 23.9 Å². The van der Waals surface area contributed by atoms with E-state index in [4.69, 9.17) is 17.3 Å². The van der Waals surface area contributed by atoms with Crippen molar-refractivity contribution >= 4 is 58.1 Å². The Labute approximate surface area is 175 Å². The lowest BCUT2D eigenvalue weighted by atomic mass is 10.1. The van der Waals surface area contributed by atoms with E-state index in [9.17, 15) is 18.8 Å². The van der Waals surface area contributed by atoms with Crippen molar-refractivity contribution in [1.82, 2.24) is 4.90 Å². The summed E-state index contributed by atoms with van der Waals surface area (Å²) in [5.41, 5.74) is 1.90. The number of carboxylic acids is 1. The van der Waals surface area contributed by atoms with E-state index in [1.165, 1.54) is 30.3 Å². The molecular weight excluding hydrogens is 413 g/mol. The second kappa shape index (κ2) is 8.93. The lowest BCUT2D eigenvalue weighted by molar-refractivity contribution is -0.140. The van der Waals surface area contributed by atoms with Crippen LogP contribution in [0.25, 0.3) is 12.2 Å². The Morgan fingerprint density at radius 1 is 1.07 bits per heavy atom. The predicted molar refractivity (Wildman–Crippen MR) is 114 cm³/mol. The summed E-state index contributed by atoms with van der Waals surface area (Å²) in [5, 5.41) is 8.86. The van der Waals surface area contributed by atoms with Gasteiger partial charge in [0, 0.05) is 5.56 Å². The molecule has 2 aromatic carbocycles. The van der Waals surface area contributed by atoms with Gasteiger partial charge in [-0.05, 0) is 47.5 Å². The molecule has 0 aliphatic carbocycles. The lowest BCUT2D eigenvalue weighted by Crippen LogP contribution is -2.33. The maximum atomic E-state index is 12.9. The van der Waals surface area contributed by atoms with Crippen molar-refractivity contribution in [3.8, 4) is 0 Å². The highest BCUT2D eigenvalue weighted by Crippen LogP contribution is 2.32. The zero-order chi connectivity index (χ0) is 21.0. The summed E-state index contributed by atoms with van der Waals surface area (Å²) in [6.45, 7) is -0.464. The highest BCUT2D eigenvalue weighted by Gasteiger charge is 2.33. The maximum absolute atomic E-state index is 12.9. The van der Waals surface area contributed by atoms with Gasteiger partial charge in [0.15, 0.2) is 5.78 Å². The fourth-order valence-corrected chi connectivity index (χ4v) is 3.76. The molecule has 0 spiro atoms. The number of allylic oxidation sites excluding steroid dienone is 1. The van der Waals surface area contributed by atoms with E-state index in [0.29, 0.717) is 10.5 Å². The molecule has 2 aromatic rings. The molecule has 1 heterocycles. The van der Waals surface area contributed by atoms with Gasteiger partial charge in [0.05, 0.1) is 4.91 Å². The standard InChI is InChI=1S/C21H14FNO4S2/c22-16-8-6-15(7-9-16)17(24)10-5-13-1-3-14(4-2-13)11-18-20(27)23(12-19(25)26)21(28)29-18/h1-11H,12H2,(H,25,26)/b10-5+,18-11+. The van der Waals surface area contributed by atoms with Gasteiger partial charge in [-0.15, -0.1) is 0 Å². The van der Waals surface area contributed by atoms with Gasteiger partial charge in [-0.25, -0.2) is 4.39 Å². The Morgan fingerprint density at radius 3 is 2.31 bits per heavy atom. The van der Waals surface area contributed by atoms with Crippen LogP contribution in [0.15, 0.2) is 59.5 Å². The minimum absolute atomic E-state index is 0.211. The predicted octanol–water partition coefficient (Wildman–Crippen LogP) is 4.01. The van der Waals surface area contributed by atoms with Gasteiger partial charge in [0.2, 0.25) is 0 Å². The summed E-state index contributed by atoms with van der Waals surface area (Å²) in [7, 11) is 0. The van der Waals surface area contributed by atoms with Crippen molar-refractivity contribution in [2.24, 2.45) is 0 Å². The van der Waals surface area contributed by atoms with Crippen LogP contribution in [-0.4, -0.2) is 38.5 Å². The van der Waals surface area contributed by atoms with Crippen LogP contribution >= 0.6 is 24.0 Å². The van der Waals surface area contributed by atoms with Gasteiger partial charge in [0.25, 0.3) is 5.91 Å². The first-order valence-corrected chi connectivity index (χ1v) is 9.61. The van der Waals surface area contributed by atoms with Crippen molar-refractivity contribution in [2.45, 2.75) is 0 Å². The molecule has 29 heavy (non-hydrogen) atoms. The number of nitrogens with zero attached hydrogens (tertiary/aromatic N) is 1. The summed E-state index contributed by atoms with van der Waals surface area (Å²) >= 11 is 6.11. The molecule has 0 unspecified atom stereocenters. The Morgan fingerprint density at radius 2 is 1.69 bits per heavy atom. The number of ketones is 1. The molecule has 0 bridgehead atoms. The first-order chi connectivity index (χ1) is 13.8. The molecule has 1 N–H and O–H groups in total. The third-order valence-electron chi connectivity index (χ3n) is 3.96. The summed E-state index contributed by atoms with van der Waals surface area (Å²) in [5.74, 6) is -2.21. The largest absolute Gasteiger partial charge is 0.480 e. The average molecular weight is 427 g/mol. The minimum Gasteiger partial charge on any atom is -0.480 e. The van der Waals surface area contributed by atoms with Crippen LogP contribution in [0.1, 0.15) is 21.5 Å². The normalized spacial score (nSPS) is 15.5. The number of halogens is 1. The van der Waals surface area contributed by atoms with Gasteiger partial charge in [-0.1, -0.05) is 54.3 Å². The fraction of sp³-hybridized carbons (Fsp3) is 0.0476. The van der Waals surface area contributed by atoms with E-state index in [-0.39, 0.29) is 10.1 Å². The number of thioether (sulfide) groups is 1. The molecular formula is C21H14FNO4S2. The van der Waals surface area contributed by atoms with E-state index in [2.05, 4.69) is 0 Å². The number of hydrogen-bond acceptors (Lipinski definition) is 5. The van der Waals surface area contributed by atoms with Crippen LogP contribution in [0, 0.1) is 5.82 Å². The van der Waals surface area contributed by atoms with Gasteiger partial charge >= 0.3 is 5.97 Å². The Hall–Kier alpha value is -3.10. The van der Waals surface area contributed by atoms with Crippen LogP contribution in [0.5, 0.6) is 0 Å². The second-order valence-electron chi connectivity index (χ2n) is 6.03. The first kappa shape index (κ1) is 20.6. The topological polar surface area (TPSA) is 74.7 Å². The molecule has 0 atom stereocenters. The molecule has 1 aliphatic heterocycles. The van der Waals surface area contributed by atoms with Crippen LogP contribution in [0.3, 0.4) is 0 Å². The molecule has 146 valence electrons. The minimum atomic E-state index is -1.13. The van der Waals surface area contributed by atoms with Crippen molar-refractivity contribution in [3.63, 3.8) is 0 Å². The van der Waals surface area contributed by atoms with E-state index >= 15 is 0 Å². The Balaban J connectivity index is 1.69. The van der Waals surface area contributed by atoms with E-state index < -0.39 is 24.2 Å². The summed E-state index contributed by atoms with van der Waals surface area (Å²) in [6, 6.07) is 12.4. The molecule has 1 saturated heterocycles. The molecule has 3 rings (SSSR count). The third-order valence-corrected chi connectivity index (χ3v) is 5.33. The first-order valence-electron chi connectivity index (χ1n) is 8.39. The van der Waals surface area contributed by atoms with Gasteiger partial charge in [-0.3, -0.25) is 19.3 Å². The monoisotopic (exact) mass is 427 g/mol. The number of benzene rings is 2. The molecule has 5 nitrogen and oxygen atoms in total. The second-order valence-corrected chi connectivity index (χ2v) is 7.71. The summed E-state index contributed by atoms with van der Waals surface area (Å²) in [6.07, 6.45) is 4.68. The highest BCUT2D eigenvalue weighted by molar-refractivity contribution is 8.26. The van der Waals surface area contributed by atoms with Crippen LogP contribution in [0.4, 0.5) is 4.39 Å². The number of thiocarbonyl (C=S) groups is 1. The fourth-order valence-electron chi connectivity index (χ4n) is 2.51. The molecule has 8 heteroatoms. The molecule has 0 radical (unpaired) electrons. The SMILES string of the molecule is O=C(O)CN1C(=O)/C(=C\c2ccc(/C=C/C(=O)c3ccc(F)cc3)cc2)SC1=S. The third kappa shape index (κ3) is 5.24. The van der Waals surface area contributed by atoms with Crippen LogP contribution < -0.4 is 0 Å². The smallest absolute Gasteiger partial charge is 0.323 e. The van der Waals surface area contributed by atoms with Crippen LogP contribution in [0.2, 0.25) is 0 Å². The number of rotatable bonds is 6. The maximum Gasteiger partial charge on any atom is 0.323 e. The molecule has 0 aromatic heterocycles. The van der Waals surface area contributed by atoms with Crippen molar-refractivity contribution in [2.75, 3.05) is 6.54 Å². The lowest BCUT2D eigenvalue weighted by Gasteiger charge is -2.10. The summed E-state index contributed by atoms with van der Waals surface area (Å²) in [4.78, 5) is 36.6. The van der Waals surface area contributed by atoms with Gasteiger partial charge in [0.1, 0.15) is 16.7 Å². The number of aliphatic carboxylic acids is 1. The average Bonchev–Trinajstić information content (AvgIpc) is 2.95. The number of carbonyl (C=O) groups is 3. The number of hydrogen-bond donors (Lipinski definition) is 1. The molecule has 1 aliphatic rings. The van der Waals surface area contributed by atoms with E-state index in [1.54, 1.807) is 36.4 Å². The molecule has 1 amide bonds.